The summed E-state index contributed by atoms with van der Waals surface area (Å²) in [6.45, 7) is -1.01. The van der Waals surface area contributed by atoms with Gasteiger partial charge >= 0.3 is 0 Å². The van der Waals surface area contributed by atoms with Crippen LogP contribution in [0.25, 0.3) is 0 Å². The predicted octanol–water partition coefficient (Wildman–Crippen LogP) is -0.969. The average molecular weight is 182 g/mol. The number of carbonyl (C=O) groups is 1. The molecule has 0 aromatic rings. The molecule has 72 valence electrons. The molecule has 12 heavy (non-hydrogen) atoms. The van der Waals surface area contributed by atoms with Crippen molar-refractivity contribution in [2.75, 3.05) is 26.2 Å². The number of hydrogen-bond donors (Lipinski definition) is 2. The zero-order chi connectivity index (χ0) is 9.56. The normalized spacial score (nSPS) is 11.1. The van der Waals surface area contributed by atoms with Crippen LogP contribution in [0.3, 0.4) is 0 Å². The minimum atomic E-state index is -2.52. The van der Waals surface area contributed by atoms with Crippen molar-refractivity contribution in [3.05, 3.63) is 0 Å². The third-order valence-electron chi connectivity index (χ3n) is 1.19. The highest BCUT2D eigenvalue weighted by Gasteiger charge is 2.12. The molecule has 0 fully saturated rings. The van der Waals surface area contributed by atoms with Crippen LogP contribution in [0.5, 0.6) is 0 Å². The molecule has 0 unspecified atom stereocenters. The first-order chi connectivity index (χ1) is 5.56. The van der Waals surface area contributed by atoms with Gasteiger partial charge in [-0.25, -0.2) is 8.78 Å². The lowest BCUT2D eigenvalue weighted by atomic mass is 10.4. The van der Waals surface area contributed by atoms with Gasteiger partial charge in [0.2, 0.25) is 5.91 Å². The maximum absolute atomic E-state index is 11.8. The molecule has 0 atom stereocenters. The monoisotopic (exact) mass is 182 g/mol. The number of alkyl halides is 2. The van der Waals surface area contributed by atoms with E-state index in [0.717, 1.165) is 4.90 Å². The minimum Gasteiger partial charge on any atom is -0.395 e. The van der Waals surface area contributed by atoms with Crippen molar-refractivity contribution in [3.8, 4) is 0 Å². The fraction of sp³-hybridized carbons (Fsp3) is 0.833. The van der Waals surface area contributed by atoms with Gasteiger partial charge in [-0.2, -0.15) is 0 Å². The van der Waals surface area contributed by atoms with E-state index in [4.69, 9.17) is 10.8 Å². The first kappa shape index (κ1) is 11.2. The summed E-state index contributed by atoms with van der Waals surface area (Å²) in [5.41, 5.74) is 4.79. The fourth-order valence-electron chi connectivity index (χ4n) is 0.792. The van der Waals surface area contributed by atoms with Crippen LogP contribution in [0, 0.1) is 0 Å². The highest BCUT2D eigenvalue weighted by atomic mass is 19.3. The average Bonchev–Trinajstić information content (AvgIpc) is 1.84. The molecule has 0 rings (SSSR count). The number of hydrogen-bond acceptors (Lipinski definition) is 3. The number of amides is 1. The van der Waals surface area contributed by atoms with E-state index in [9.17, 15) is 13.6 Å². The Hall–Kier alpha value is -0.750. The van der Waals surface area contributed by atoms with Gasteiger partial charge in [-0.15, -0.1) is 0 Å². The minimum absolute atomic E-state index is 0.0350. The molecular weight excluding hydrogens is 170 g/mol. The zero-order valence-corrected chi connectivity index (χ0v) is 6.54. The Labute approximate surface area is 69.0 Å². The Morgan fingerprint density at radius 3 is 2.50 bits per heavy atom. The smallest absolute Gasteiger partial charge is 0.251 e. The summed E-state index contributed by atoms with van der Waals surface area (Å²) in [4.78, 5) is 11.4. The van der Waals surface area contributed by atoms with Crippen molar-refractivity contribution in [2.24, 2.45) is 5.73 Å². The van der Waals surface area contributed by atoms with E-state index in [1.165, 1.54) is 0 Å². The van der Waals surface area contributed by atoms with E-state index in [2.05, 4.69) is 0 Å². The Balaban J connectivity index is 3.77. The second-order valence-corrected chi connectivity index (χ2v) is 2.32. The van der Waals surface area contributed by atoms with Crippen LogP contribution in [-0.2, 0) is 4.79 Å². The summed E-state index contributed by atoms with van der Waals surface area (Å²) in [5.74, 6) is -0.677. The lowest BCUT2D eigenvalue weighted by molar-refractivity contribution is -0.119. The third-order valence-corrected chi connectivity index (χ3v) is 1.19. The summed E-state index contributed by atoms with van der Waals surface area (Å²) in [5, 5.41) is 8.42. The quantitative estimate of drug-likeness (QED) is 0.555. The van der Waals surface area contributed by atoms with E-state index in [1.54, 1.807) is 0 Å². The van der Waals surface area contributed by atoms with Gasteiger partial charge in [-0.05, 0) is 0 Å². The summed E-state index contributed by atoms with van der Waals surface area (Å²) < 4.78 is 23.6. The summed E-state index contributed by atoms with van der Waals surface area (Å²) in [6, 6.07) is 0. The molecule has 0 aliphatic carbocycles. The number of aliphatic hydroxyl groups is 1. The lowest BCUT2D eigenvalue weighted by Gasteiger charge is -2.18. The van der Waals surface area contributed by atoms with Crippen LogP contribution in [0.1, 0.15) is 0 Å². The third kappa shape index (κ3) is 5.99. The summed E-state index contributed by atoms with van der Waals surface area (Å²) >= 11 is 0. The number of rotatable bonds is 6. The number of primary amides is 1. The van der Waals surface area contributed by atoms with Gasteiger partial charge in [-0.3, -0.25) is 9.69 Å². The fourth-order valence-corrected chi connectivity index (χ4v) is 0.792. The van der Waals surface area contributed by atoms with Crippen molar-refractivity contribution in [2.45, 2.75) is 6.43 Å². The van der Waals surface area contributed by atoms with Crippen LogP contribution in [0.4, 0.5) is 8.78 Å². The van der Waals surface area contributed by atoms with Gasteiger partial charge < -0.3 is 10.8 Å². The largest absolute Gasteiger partial charge is 0.395 e. The molecule has 0 radical (unpaired) electrons. The van der Waals surface area contributed by atoms with E-state index in [1.807, 2.05) is 0 Å². The number of carbonyl (C=O) groups excluding carboxylic acids is 1. The molecule has 0 bridgehead atoms. The first-order valence-electron chi connectivity index (χ1n) is 3.46. The lowest BCUT2D eigenvalue weighted by Crippen LogP contribution is -2.38. The Kier molecular flexibility index (Phi) is 5.48. The summed E-state index contributed by atoms with van der Waals surface area (Å²) in [7, 11) is 0. The number of nitrogens with two attached hydrogens (primary N) is 1. The zero-order valence-electron chi connectivity index (χ0n) is 6.54. The molecule has 6 heteroatoms. The highest BCUT2D eigenvalue weighted by Crippen LogP contribution is 1.96. The Bertz CT molecular complexity index is 144. The standard InChI is InChI=1S/C6H12F2N2O2/c7-5(8)3-10(1-2-11)4-6(9)12/h5,11H,1-4H2,(H2,9,12). The van der Waals surface area contributed by atoms with Crippen molar-refractivity contribution in [3.63, 3.8) is 0 Å². The molecule has 0 aliphatic rings. The van der Waals surface area contributed by atoms with Gasteiger partial charge in [0.1, 0.15) is 0 Å². The molecule has 0 spiro atoms. The second kappa shape index (κ2) is 5.84. The SMILES string of the molecule is NC(=O)CN(CCO)CC(F)F. The highest BCUT2D eigenvalue weighted by molar-refractivity contribution is 5.75. The topological polar surface area (TPSA) is 66.6 Å². The molecule has 0 aliphatic heterocycles. The second-order valence-electron chi connectivity index (χ2n) is 2.32. The number of aliphatic hydroxyl groups excluding tert-OH is 1. The predicted molar refractivity (Wildman–Crippen MR) is 38.7 cm³/mol. The van der Waals surface area contributed by atoms with Crippen molar-refractivity contribution in [1.29, 1.82) is 0 Å². The molecular formula is C6H12F2N2O2. The van der Waals surface area contributed by atoms with Crippen molar-refractivity contribution in [1.82, 2.24) is 4.90 Å². The van der Waals surface area contributed by atoms with Gasteiger partial charge in [0, 0.05) is 6.54 Å². The molecule has 0 heterocycles. The van der Waals surface area contributed by atoms with Gasteiger partial charge in [0.05, 0.1) is 19.7 Å². The molecule has 4 nitrogen and oxygen atoms in total. The summed E-state index contributed by atoms with van der Waals surface area (Å²) in [6.07, 6.45) is -2.52. The van der Waals surface area contributed by atoms with E-state index in [0.29, 0.717) is 0 Å². The van der Waals surface area contributed by atoms with Crippen LogP contribution in [-0.4, -0.2) is 48.6 Å². The Morgan fingerprint density at radius 2 is 2.17 bits per heavy atom. The number of halogens is 2. The molecule has 0 aromatic heterocycles. The van der Waals surface area contributed by atoms with E-state index >= 15 is 0 Å². The van der Waals surface area contributed by atoms with Crippen LogP contribution in [0.15, 0.2) is 0 Å². The van der Waals surface area contributed by atoms with Crippen LogP contribution < -0.4 is 5.73 Å². The maximum atomic E-state index is 11.8. The van der Waals surface area contributed by atoms with E-state index in [-0.39, 0.29) is 19.7 Å². The molecule has 0 aromatic carbocycles. The Morgan fingerprint density at radius 1 is 1.58 bits per heavy atom. The van der Waals surface area contributed by atoms with Gasteiger partial charge in [0.15, 0.2) is 0 Å². The van der Waals surface area contributed by atoms with Crippen LogP contribution in [0.2, 0.25) is 0 Å². The number of nitrogens with zero attached hydrogens (tertiary/aromatic N) is 1. The van der Waals surface area contributed by atoms with Crippen molar-refractivity contribution < 1.29 is 18.7 Å². The molecule has 0 saturated heterocycles. The van der Waals surface area contributed by atoms with E-state index < -0.39 is 18.9 Å². The van der Waals surface area contributed by atoms with Gasteiger partial charge in [0.25, 0.3) is 6.43 Å². The van der Waals surface area contributed by atoms with Crippen molar-refractivity contribution >= 4 is 5.91 Å². The van der Waals surface area contributed by atoms with Crippen LogP contribution >= 0.6 is 0 Å². The maximum Gasteiger partial charge on any atom is 0.251 e. The first-order valence-corrected chi connectivity index (χ1v) is 3.46. The molecule has 0 saturated carbocycles. The molecule has 3 N–H and O–H groups in total. The van der Waals surface area contributed by atoms with Gasteiger partial charge in [-0.1, -0.05) is 0 Å². The molecule has 1 amide bonds.